The smallest absolute Gasteiger partial charge is 0.417 e. The Morgan fingerprint density at radius 3 is 2.50 bits per heavy atom. The van der Waals surface area contributed by atoms with Crippen molar-refractivity contribution in [3.8, 4) is 0 Å². The third-order valence-corrected chi connectivity index (χ3v) is 2.71. The zero-order chi connectivity index (χ0) is 13.5. The van der Waals surface area contributed by atoms with Crippen LogP contribution in [0.4, 0.5) is 0 Å². The Balaban J connectivity index is 2.39. The Morgan fingerprint density at radius 2 is 1.89 bits per heavy atom. The molecule has 0 bridgehead atoms. The van der Waals surface area contributed by atoms with Crippen molar-refractivity contribution in [3.05, 3.63) is 34.3 Å². The molecular weight excluding hydrogens is 256 g/mol. The van der Waals surface area contributed by atoms with E-state index >= 15 is 0 Å². The Hall–Kier alpha value is -1.55. The largest absolute Gasteiger partial charge is 0.458 e. The van der Waals surface area contributed by atoms with E-state index in [-0.39, 0.29) is 13.2 Å². The van der Waals surface area contributed by atoms with Crippen LogP contribution < -0.4 is 0 Å². The van der Waals surface area contributed by atoms with Gasteiger partial charge >= 0.3 is 11.9 Å². The molecule has 0 spiro atoms. The lowest BCUT2D eigenvalue weighted by molar-refractivity contribution is -0.167. The second-order valence-corrected chi connectivity index (χ2v) is 4.10. The molecule has 0 saturated carbocycles. The highest BCUT2D eigenvalue weighted by molar-refractivity contribution is 6.31. The van der Waals surface area contributed by atoms with Gasteiger partial charge in [0, 0.05) is 11.4 Å². The summed E-state index contributed by atoms with van der Waals surface area (Å²) in [5, 5.41) is 0.671. The van der Waals surface area contributed by atoms with E-state index in [2.05, 4.69) is 4.74 Å². The number of aryl methyl sites for hydroxylation is 1. The average molecular weight is 271 g/mol. The molecule has 4 nitrogen and oxygen atoms in total. The Bertz CT molecular complexity index is 443. The highest BCUT2D eigenvalue weighted by Gasteiger charge is 2.15. The van der Waals surface area contributed by atoms with Gasteiger partial charge in [0.2, 0.25) is 0 Å². The standard InChI is InChI=1S/C13H15ClO4/c1-3-17-12(15)13(16)18-7-6-10-5-4-9(2)11(14)8-10/h4-5,8H,3,6-7H2,1-2H3. The molecule has 0 atom stereocenters. The van der Waals surface area contributed by atoms with Crippen LogP contribution in [0.25, 0.3) is 0 Å². The molecule has 0 heterocycles. The maximum atomic E-state index is 11.1. The van der Waals surface area contributed by atoms with Crippen LogP contribution in [0.5, 0.6) is 0 Å². The van der Waals surface area contributed by atoms with Gasteiger partial charge in [0.15, 0.2) is 0 Å². The minimum absolute atomic E-state index is 0.122. The lowest BCUT2D eigenvalue weighted by atomic mass is 10.1. The molecule has 1 aromatic carbocycles. The molecule has 0 fully saturated rings. The van der Waals surface area contributed by atoms with Gasteiger partial charge < -0.3 is 9.47 Å². The number of esters is 2. The van der Waals surface area contributed by atoms with Gasteiger partial charge in [0.05, 0.1) is 13.2 Å². The van der Waals surface area contributed by atoms with E-state index in [0.717, 1.165) is 11.1 Å². The van der Waals surface area contributed by atoms with Crippen LogP contribution in [-0.4, -0.2) is 25.2 Å². The normalized spacial score (nSPS) is 9.94. The van der Waals surface area contributed by atoms with Crippen molar-refractivity contribution in [2.45, 2.75) is 20.3 Å². The number of halogens is 1. The summed E-state index contributed by atoms with van der Waals surface area (Å²) < 4.78 is 9.28. The summed E-state index contributed by atoms with van der Waals surface area (Å²) in [6.07, 6.45) is 0.505. The molecule has 0 aliphatic heterocycles. The lowest BCUT2D eigenvalue weighted by Crippen LogP contribution is -2.21. The van der Waals surface area contributed by atoms with E-state index in [0.29, 0.717) is 11.4 Å². The quantitative estimate of drug-likeness (QED) is 0.622. The monoisotopic (exact) mass is 270 g/mol. The van der Waals surface area contributed by atoms with Crippen molar-refractivity contribution in [2.24, 2.45) is 0 Å². The van der Waals surface area contributed by atoms with Gasteiger partial charge in [0.1, 0.15) is 0 Å². The second kappa shape index (κ2) is 7.01. The van der Waals surface area contributed by atoms with Gasteiger partial charge in [-0.05, 0) is 31.0 Å². The molecule has 0 amide bonds. The third-order valence-electron chi connectivity index (χ3n) is 2.30. The van der Waals surface area contributed by atoms with Crippen LogP contribution in [0.1, 0.15) is 18.1 Å². The van der Waals surface area contributed by atoms with Crippen LogP contribution in [-0.2, 0) is 25.5 Å². The van der Waals surface area contributed by atoms with Gasteiger partial charge in [-0.25, -0.2) is 9.59 Å². The molecule has 0 saturated heterocycles. The molecule has 1 aromatic rings. The van der Waals surface area contributed by atoms with Gasteiger partial charge in [0.25, 0.3) is 0 Å². The van der Waals surface area contributed by atoms with Crippen LogP contribution >= 0.6 is 11.6 Å². The fourth-order valence-corrected chi connectivity index (χ4v) is 1.51. The average Bonchev–Trinajstić information content (AvgIpc) is 2.34. The SMILES string of the molecule is CCOC(=O)C(=O)OCCc1ccc(C)c(Cl)c1. The van der Waals surface area contributed by atoms with Crippen LogP contribution in [0.2, 0.25) is 5.02 Å². The highest BCUT2D eigenvalue weighted by atomic mass is 35.5. The van der Waals surface area contributed by atoms with E-state index in [9.17, 15) is 9.59 Å². The number of hydrogen-bond acceptors (Lipinski definition) is 4. The molecule has 0 N–H and O–H groups in total. The summed E-state index contributed by atoms with van der Waals surface area (Å²) in [6, 6.07) is 5.61. The van der Waals surface area contributed by atoms with Gasteiger partial charge in [-0.2, -0.15) is 0 Å². The number of carbonyl (C=O) groups is 2. The predicted octanol–water partition coefficient (Wildman–Crippen LogP) is 2.30. The number of rotatable bonds is 4. The molecule has 0 unspecified atom stereocenters. The summed E-state index contributed by atoms with van der Waals surface area (Å²) in [5.41, 5.74) is 1.94. The first-order valence-corrected chi connectivity index (χ1v) is 6.01. The molecule has 0 aliphatic rings. The van der Waals surface area contributed by atoms with E-state index in [1.54, 1.807) is 6.92 Å². The van der Waals surface area contributed by atoms with Crippen LogP contribution in [0, 0.1) is 6.92 Å². The van der Waals surface area contributed by atoms with Crippen molar-refractivity contribution in [3.63, 3.8) is 0 Å². The molecule has 98 valence electrons. The van der Waals surface area contributed by atoms with Crippen molar-refractivity contribution >= 4 is 23.5 Å². The van der Waals surface area contributed by atoms with E-state index < -0.39 is 11.9 Å². The van der Waals surface area contributed by atoms with E-state index in [1.807, 2.05) is 25.1 Å². The van der Waals surface area contributed by atoms with Crippen molar-refractivity contribution < 1.29 is 19.1 Å². The van der Waals surface area contributed by atoms with E-state index in [4.69, 9.17) is 16.3 Å². The lowest BCUT2D eigenvalue weighted by Gasteiger charge is -2.05. The predicted molar refractivity (Wildman–Crippen MR) is 67.5 cm³/mol. The summed E-state index contributed by atoms with van der Waals surface area (Å²) in [5.74, 6) is -1.92. The van der Waals surface area contributed by atoms with Crippen molar-refractivity contribution in [1.82, 2.24) is 0 Å². The van der Waals surface area contributed by atoms with Crippen molar-refractivity contribution in [1.29, 1.82) is 0 Å². The Morgan fingerprint density at radius 1 is 1.22 bits per heavy atom. The topological polar surface area (TPSA) is 52.6 Å². The van der Waals surface area contributed by atoms with Gasteiger partial charge in [-0.1, -0.05) is 23.7 Å². The molecule has 0 aliphatic carbocycles. The minimum Gasteiger partial charge on any atom is -0.458 e. The molecule has 0 aromatic heterocycles. The zero-order valence-electron chi connectivity index (χ0n) is 10.4. The molecule has 0 radical (unpaired) electrons. The number of benzene rings is 1. The highest BCUT2D eigenvalue weighted by Crippen LogP contribution is 2.16. The number of carbonyl (C=O) groups excluding carboxylic acids is 2. The first kappa shape index (κ1) is 14.5. The fraction of sp³-hybridized carbons (Fsp3) is 0.385. The summed E-state index contributed by atoms with van der Waals surface area (Å²) in [6.45, 7) is 3.81. The summed E-state index contributed by atoms with van der Waals surface area (Å²) >= 11 is 5.97. The maximum absolute atomic E-state index is 11.1. The third kappa shape index (κ3) is 4.37. The van der Waals surface area contributed by atoms with E-state index in [1.165, 1.54) is 0 Å². The summed E-state index contributed by atoms with van der Waals surface area (Å²) in [4.78, 5) is 22.1. The summed E-state index contributed by atoms with van der Waals surface area (Å²) in [7, 11) is 0. The second-order valence-electron chi connectivity index (χ2n) is 3.69. The Kier molecular flexibility index (Phi) is 5.65. The first-order valence-electron chi connectivity index (χ1n) is 5.63. The fourth-order valence-electron chi connectivity index (χ4n) is 1.30. The van der Waals surface area contributed by atoms with Crippen LogP contribution in [0.3, 0.4) is 0 Å². The molecule has 5 heteroatoms. The molecule has 18 heavy (non-hydrogen) atoms. The zero-order valence-corrected chi connectivity index (χ0v) is 11.1. The maximum Gasteiger partial charge on any atom is 0.417 e. The van der Waals surface area contributed by atoms with Gasteiger partial charge in [-0.3, -0.25) is 0 Å². The Labute approximate surface area is 111 Å². The van der Waals surface area contributed by atoms with Crippen molar-refractivity contribution in [2.75, 3.05) is 13.2 Å². The number of hydrogen-bond donors (Lipinski definition) is 0. The minimum atomic E-state index is -0.963. The number of ether oxygens (including phenoxy) is 2. The first-order chi connectivity index (χ1) is 8.54. The molecule has 1 rings (SSSR count). The molecular formula is C13H15ClO4. The van der Waals surface area contributed by atoms with Gasteiger partial charge in [-0.15, -0.1) is 0 Å². The van der Waals surface area contributed by atoms with Crippen LogP contribution in [0.15, 0.2) is 18.2 Å².